The van der Waals surface area contributed by atoms with Crippen molar-refractivity contribution in [3.8, 4) is 0 Å². The van der Waals surface area contributed by atoms with Crippen LogP contribution in [-0.2, 0) is 14.4 Å². The van der Waals surface area contributed by atoms with Crippen molar-refractivity contribution in [2.24, 2.45) is 5.92 Å². The highest BCUT2D eigenvalue weighted by molar-refractivity contribution is 5.96. The molecule has 0 radical (unpaired) electrons. The maximum atomic E-state index is 12.3. The summed E-state index contributed by atoms with van der Waals surface area (Å²) >= 11 is 0. The van der Waals surface area contributed by atoms with E-state index in [1.807, 2.05) is 55.5 Å². The Kier molecular flexibility index (Phi) is 6.16. The van der Waals surface area contributed by atoms with Crippen molar-refractivity contribution in [3.05, 3.63) is 65.7 Å². The summed E-state index contributed by atoms with van der Waals surface area (Å²) in [6.45, 7) is 2.69. The Morgan fingerprint density at radius 3 is 2.39 bits per heavy atom. The third-order valence-electron chi connectivity index (χ3n) is 5.69. The normalized spacial score (nSPS) is 17.1. The van der Waals surface area contributed by atoms with Crippen molar-refractivity contribution < 1.29 is 14.4 Å². The van der Waals surface area contributed by atoms with Gasteiger partial charge in [0.05, 0.1) is 6.04 Å². The molecule has 1 heterocycles. The summed E-state index contributed by atoms with van der Waals surface area (Å²) in [7, 11) is 0. The summed E-state index contributed by atoms with van der Waals surface area (Å²) in [4.78, 5) is 37.8. The van der Waals surface area contributed by atoms with Crippen LogP contribution in [0.25, 0.3) is 6.08 Å². The maximum Gasteiger partial charge on any atom is 0.244 e. The SMILES string of the molecule is CC(NC(=O)/C=C/c1ccc(N2CCCC2=O)cc1)c1ccc(NC(=O)C2CC2)cc1. The first-order valence-electron chi connectivity index (χ1n) is 10.8. The van der Waals surface area contributed by atoms with E-state index in [1.165, 1.54) is 6.08 Å². The van der Waals surface area contributed by atoms with Crippen LogP contribution in [0.2, 0.25) is 0 Å². The minimum atomic E-state index is -0.183. The molecule has 4 rings (SSSR count). The van der Waals surface area contributed by atoms with Gasteiger partial charge >= 0.3 is 0 Å². The molecule has 1 aliphatic carbocycles. The van der Waals surface area contributed by atoms with E-state index in [0.717, 1.165) is 48.3 Å². The molecule has 31 heavy (non-hydrogen) atoms. The number of carbonyl (C=O) groups is 3. The Bertz CT molecular complexity index is 992. The van der Waals surface area contributed by atoms with Crippen LogP contribution in [-0.4, -0.2) is 24.3 Å². The topological polar surface area (TPSA) is 78.5 Å². The zero-order chi connectivity index (χ0) is 21.8. The fourth-order valence-corrected chi connectivity index (χ4v) is 3.65. The van der Waals surface area contributed by atoms with Gasteiger partial charge in [0, 0.05) is 36.3 Å². The quantitative estimate of drug-likeness (QED) is 0.667. The largest absolute Gasteiger partial charge is 0.346 e. The van der Waals surface area contributed by atoms with Gasteiger partial charge in [0.25, 0.3) is 0 Å². The van der Waals surface area contributed by atoms with Crippen LogP contribution in [0.1, 0.15) is 49.8 Å². The Hall–Kier alpha value is -3.41. The summed E-state index contributed by atoms with van der Waals surface area (Å²) < 4.78 is 0. The molecule has 3 amide bonds. The molecule has 1 aliphatic heterocycles. The molecule has 2 aromatic rings. The smallest absolute Gasteiger partial charge is 0.244 e. The van der Waals surface area contributed by atoms with Gasteiger partial charge in [-0.3, -0.25) is 14.4 Å². The summed E-state index contributed by atoms with van der Waals surface area (Å²) in [6, 6.07) is 15.0. The van der Waals surface area contributed by atoms with Crippen molar-refractivity contribution in [2.45, 2.75) is 38.6 Å². The van der Waals surface area contributed by atoms with E-state index >= 15 is 0 Å². The second-order valence-corrected chi connectivity index (χ2v) is 8.19. The first-order valence-corrected chi connectivity index (χ1v) is 10.8. The van der Waals surface area contributed by atoms with Crippen LogP contribution in [0.4, 0.5) is 11.4 Å². The van der Waals surface area contributed by atoms with Crippen molar-refractivity contribution in [3.63, 3.8) is 0 Å². The third-order valence-corrected chi connectivity index (χ3v) is 5.69. The van der Waals surface area contributed by atoms with Gasteiger partial charge in [-0.2, -0.15) is 0 Å². The molecule has 2 fully saturated rings. The zero-order valence-corrected chi connectivity index (χ0v) is 17.6. The second-order valence-electron chi connectivity index (χ2n) is 8.19. The van der Waals surface area contributed by atoms with Crippen molar-refractivity contribution in [2.75, 3.05) is 16.8 Å². The zero-order valence-electron chi connectivity index (χ0n) is 17.6. The van der Waals surface area contributed by atoms with Gasteiger partial charge in [0.2, 0.25) is 17.7 Å². The number of nitrogens with zero attached hydrogens (tertiary/aromatic N) is 1. The van der Waals surface area contributed by atoms with E-state index < -0.39 is 0 Å². The van der Waals surface area contributed by atoms with Gasteiger partial charge in [0.15, 0.2) is 0 Å². The number of carbonyl (C=O) groups excluding carboxylic acids is 3. The molecule has 1 saturated carbocycles. The standard InChI is InChI=1S/C25H27N3O3/c1-17(19-9-11-21(12-10-19)27-25(31)20-7-8-20)26-23(29)15-6-18-4-13-22(14-5-18)28-16-2-3-24(28)30/h4-6,9-15,17,20H,2-3,7-8,16H2,1H3,(H,26,29)(H,27,31)/b15-6+. The number of benzene rings is 2. The molecule has 2 N–H and O–H groups in total. The average Bonchev–Trinajstić information content (AvgIpc) is 3.54. The number of amides is 3. The van der Waals surface area contributed by atoms with Crippen LogP contribution in [0.3, 0.4) is 0 Å². The fraction of sp³-hybridized carbons (Fsp3) is 0.320. The van der Waals surface area contributed by atoms with Gasteiger partial charge in [-0.25, -0.2) is 0 Å². The molecule has 2 aliphatic rings. The van der Waals surface area contributed by atoms with Crippen LogP contribution in [0.5, 0.6) is 0 Å². The second kappa shape index (κ2) is 9.16. The first-order chi connectivity index (χ1) is 15.0. The Balaban J connectivity index is 1.29. The van der Waals surface area contributed by atoms with E-state index in [4.69, 9.17) is 0 Å². The van der Waals surface area contributed by atoms with Gasteiger partial charge < -0.3 is 15.5 Å². The number of hydrogen-bond donors (Lipinski definition) is 2. The number of hydrogen-bond acceptors (Lipinski definition) is 3. The molecule has 1 atom stereocenters. The summed E-state index contributed by atoms with van der Waals surface area (Å²) in [5, 5.41) is 5.87. The van der Waals surface area contributed by atoms with Gasteiger partial charge in [-0.15, -0.1) is 0 Å². The van der Waals surface area contributed by atoms with Crippen molar-refractivity contribution in [1.29, 1.82) is 0 Å². The van der Waals surface area contributed by atoms with E-state index in [9.17, 15) is 14.4 Å². The minimum absolute atomic E-state index is 0.0827. The number of rotatable bonds is 7. The lowest BCUT2D eigenvalue weighted by molar-refractivity contribution is -0.118. The summed E-state index contributed by atoms with van der Waals surface area (Å²) in [5.74, 6) is 0.232. The molecule has 1 saturated heterocycles. The summed E-state index contributed by atoms with van der Waals surface area (Å²) in [5.41, 5.74) is 3.53. The predicted molar refractivity (Wildman–Crippen MR) is 121 cm³/mol. The van der Waals surface area contributed by atoms with Crippen molar-refractivity contribution >= 4 is 35.2 Å². The lowest BCUT2D eigenvalue weighted by Crippen LogP contribution is -2.24. The van der Waals surface area contributed by atoms with E-state index in [-0.39, 0.29) is 29.7 Å². The highest BCUT2D eigenvalue weighted by Gasteiger charge is 2.29. The third kappa shape index (κ3) is 5.40. The van der Waals surface area contributed by atoms with E-state index in [1.54, 1.807) is 11.0 Å². The molecule has 160 valence electrons. The first kappa shape index (κ1) is 20.8. The molecular weight excluding hydrogens is 390 g/mol. The van der Waals surface area contributed by atoms with Gasteiger partial charge in [-0.05, 0) is 67.7 Å². The van der Waals surface area contributed by atoms with Crippen LogP contribution in [0.15, 0.2) is 54.6 Å². The van der Waals surface area contributed by atoms with Gasteiger partial charge in [0.1, 0.15) is 0 Å². The number of nitrogens with one attached hydrogen (secondary N) is 2. The van der Waals surface area contributed by atoms with Crippen LogP contribution >= 0.6 is 0 Å². The molecule has 0 spiro atoms. The molecule has 0 aromatic heterocycles. The summed E-state index contributed by atoms with van der Waals surface area (Å²) in [6.07, 6.45) is 6.73. The minimum Gasteiger partial charge on any atom is -0.346 e. The molecular formula is C25H27N3O3. The van der Waals surface area contributed by atoms with E-state index in [2.05, 4.69) is 10.6 Å². The molecule has 0 bridgehead atoms. The molecule has 1 unspecified atom stereocenters. The Morgan fingerprint density at radius 1 is 1.06 bits per heavy atom. The van der Waals surface area contributed by atoms with E-state index in [0.29, 0.717) is 6.42 Å². The predicted octanol–water partition coefficient (Wildman–Crippen LogP) is 4.05. The Morgan fingerprint density at radius 2 is 1.77 bits per heavy atom. The maximum absolute atomic E-state index is 12.3. The fourth-order valence-electron chi connectivity index (χ4n) is 3.65. The average molecular weight is 418 g/mol. The monoisotopic (exact) mass is 417 g/mol. The van der Waals surface area contributed by atoms with Crippen LogP contribution in [0, 0.1) is 5.92 Å². The van der Waals surface area contributed by atoms with Gasteiger partial charge in [-0.1, -0.05) is 24.3 Å². The Labute approximate surface area is 182 Å². The molecule has 6 nitrogen and oxygen atoms in total. The highest BCUT2D eigenvalue weighted by atomic mass is 16.2. The number of anilines is 2. The molecule has 2 aromatic carbocycles. The van der Waals surface area contributed by atoms with Crippen LogP contribution < -0.4 is 15.5 Å². The van der Waals surface area contributed by atoms with Crippen molar-refractivity contribution in [1.82, 2.24) is 5.32 Å². The lowest BCUT2D eigenvalue weighted by atomic mass is 10.1. The lowest BCUT2D eigenvalue weighted by Gasteiger charge is -2.15. The molecule has 6 heteroatoms. The highest BCUT2D eigenvalue weighted by Crippen LogP contribution is 2.30.